The van der Waals surface area contributed by atoms with Gasteiger partial charge in [-0.1, -0.05) is 13.8 Å². The Labute approximate surface area is 89.2 Å². The molecule has 0 aliphatic carbocycles. The van der Waals surface area contributed by atoms with Crippen molar-refractivity contribution in [3.63, 3.8) is 0 Å². The number of hydrogen-bond donors (Lipinski definition) is 4. The fourth-order valence-electron chi connectivity index (χ4n) is 1.06. The maximum Gasteiger partial charge on any atom is 0.314 e. The molecule has 88 valence electrons. The van der Waals surface area contributed by atoms with Gasteiger partial charge in [0.2, 0.25) is 0 Å². The standard InChI is InChI=1S/C9H19N3O3/c1-6(2)7(8(13)14)5-12-9(15)11-4-3-10/h6-7H,3-5,10H2,1-2H3,(H,13,14)(H2,11,12,15). The Kier molecular flexibility index (Phi) is 6.44. The van der Waals surface area contributed by atoms with E-state index in [1.165, 1.54) is 0 Å². The summed E-state index contributed by atoms with van der Waals surface area (Å²) >= 11 is 0. The highest BCUT2D eigenvalue weighted by Crippen LogP contribution is 2.09. The van der Waals surface area contributed by atoms with Gasteiger partial charge in [0, 0.05) is 19.6 Å². The second-order valence-corrected chi connectivity index (χ2v) is 3.61. The van der Waals surface area contributed by atoms with Gasteiger partial charge in [-0.3, -0.25) is 4.79 Å². The first-order valence-electron chi connectivity index (χ1n) is 4.93. The SMILES string of the molecule is CC(C)C(CNC(=O)NCCN)C(=O)O. The van der Waals surface area contributed by atoms with Crippen molar-refractivity contribution in [2.45, 2.75) is 13.8 Å². The van der Waals surface area contributed by atoms with Crippen molar-refractivity contribution in [1.82, 2.24) is 10.6 Å². The summed E-state index contributed by atoms with van der Waals surface area (Å²) in [6.07, 6.45) is 0. The highest BCUT2D eigenvalue weighted by molar-refractivity contribution is 5.75. The van der Waals surface area contributed by atoms with E-state index >= 15 is 0 Å². The third-order valence-corrected chi connectivity index (χ3v) is 2.03. The first-order valence-corrected chi connectivity index (χ1v) is 4.93. The van der Waals surface area contributed by atoms with E-state index in [0.29, 0.717) is 13.1 Å². The molecule has 0 aromatic heterocycles. The predicted octanol–water partition coefficient (Wildman–Crippen LogP) is -0.399. The molecule has 0 aliphatic heterocycles. The molecule has 2 amide bonds. The molecule has 5 N–H and O–H groups in total. The first-order chi connectivity index (χ1) is 6.99. The number of aliphatic carboxylic acids is 1. The highest BCUT2D eigenvalue weighted by atomic mass is 16.4. The fourth-order valence-corrected chi connectivity index (χ4v) is 1.06. The molecule has 0 spiro atoms. The van der Waals surface area contributed by atoms with Crippen LogP contribution >= 0.6 is 0 Å². The van der Waals surface area contributed by atoms with Gasteiger partial charge >= 0.3 is 12.0 Å². The molecule has 1 atom stereocenters. The van der Waals surface area contributed by atoms with Gasteiger partial charge in [-0.2, -0.15) is 0 Å². The largest absolute Gasteiger partial charge is 0.481 e. The molecular weight excluding hydrogens is 198 g/mol. The lowest BCUT2D eigenvalue weighted by atomic mass is 9.96. The van der Waals surface area contributed by atoms with Crippen LogP contribution < -0.4 is 16.4 Å². The number of hydrogen-bond acceptors (Lipinski definition) is 3. The average Bonchev–Trinajstić information content (AvgIpc) is 2.13. The van der Waals surface area contributed by atoms with E-state index in [9.17, 15) is 9.59 Å². The molecule has 0 aliphatic rings. The lowest BCUT2D eigenvalue weighted by molar-refractivity contribution is -0.142. The number of carbonyl (C=O) groups is 2. The fraction of sp³-hybridized carbons (Fsp3) is 0.778. The average molecular weight is 217 g/mol. The summed E-state index contributed by atoms with van der Waals surface area (Å²) in [6, 6.07) is -0.382. The Hall–Kier alpha value is -1.30. The molecule has 0 saturated carbocycles. The topological polar surface area (TPSA) is 104 Å². The number of rotatable bonds is 6. The Balaban J connectivity index is 3.89. The first kappa shape index (κ1) is 13.7. The zero-order chi connectivity index (χ0) is 11.8. The maximum atomic E-state index is 11.1. The van der Waals surface area contributed by atoms with Gasteiger partial charge in [0.25, 0.3) is 0 Å². The Bertz CT molecular complexity index is 219. The second-order valence-electron chi connectivity index (χ2n) is 3.61. The Morgan fingerprint density at radius 1 is 1.33 bits per heavy atom. The van der Waals surface area contributed by atoms with E-state index in [1.807, 2.05) is 0 Å². The van der Waals surface area contributed by atoms with Crippen molar-refractivity contribution in [2.24, 2.45) is 17.6 Å². The molecule has 0 radical (unpaired) electrons. The van der Waals surface area contributed by atoms with Crippen LogP contribution in [-0.2, 0) is 4.79 Å². The lowest BCUT2D eigenvalue weighted by Gasteiger charge is -2.16. The monoisotopic (exact) mass is 217 g/mol. The number of carbonyl (C=O) groups excluding carboxylic acids is 1. The minimum absolute atomic E-state index is 0.0164. The molecular formula is C9H19N3O3. The number of urea groups is 1. The van der Waals surface area contributed by atoms with Gasteiger partial charge in [-0.25, -0.2) is 4.79 Å². The van der Waals surface area contributed by atoms with E-state index in [4.69, 9.17) is 10.8 Å². The van der Waals surface area contributed by atoms with Gasteiger partial charge in [-0.15, -0.1) is 0 Å². The summed E-state index contributed by atoms with van der Waals surface area (Å²) in [5.41, 5.74) is 5.19. The van der Waals surface area contributed by atoms with Crippen LogP contribution in [0.5, 0.6) is 0 Å². The Morgan fingerprint density at radius 3 is 2.33 bits per heavy atom. The highest BCUT2D eigenvalue weighted by Gasteiger charge is 2.21. The van der Waals surface area contributed by atoms with E-state index in [0.717, 1.165) is 0 Å². The van der Waals surface area contributed by atoms with Crippen molar-refractivity contribution in [3.05, 3.63) is 0 Å². The van der Waals surface area contributed by atoms with Crippen molar-refractivity contribution < 1.29 is 14.7 Å². The van der Waals surface area contributed by atoms with E-state index < -0.39 is 11.9 Å². The second kappa shape index (κ2) is 7.05. The van der Waals surface area contributed by atoms with Gasteiger partial charge in [0.1, 0.15) is 0 Å². The van der Waals surface area contributed by atoms with Crippen LogP contribution in [0.3, 0.4) is 0 Å². The van der Waals surface area contributed by atoms with Crippen LogP contribution in [0.25, 0.3) is 0 Å². The molecule has 0 saturated heterocycles. The third kappa shape index (κ3) is 5.90. The summed E-state index contributed by atoms with van der Waals surface area (Å²) in [4.78, 5) is 21.9. The maximum absolute atomic E-state index is 11.1. The van der Waals surface area contributed by atoms with Crippen molar-refractivity contribution in [1.29, 1.82) is 0 Å². The molecule has 1 unspecified atom stereocenters. The van der Waals surface area contributed by atoms with Crippen LogP contribution in [0.2, 0.25) is 0 Å². The summed E-state index contributed by atoms with van der Waals surface area (Å²) in [5, 5.41) is 13.8. The number of amides is 2. The van der Waals surface area contributed by atoms with Gasteiger partial charge < -0.3 is 21.5 Å². The number of carboxylic acid groups (broad SMARTS) is 1. The molecule has 6 heteroatoms. The molecule has 15 heavy (non-hydrogen) atoms. The van der Waals surface area contributed by atoms with E-state index in [2.05, 4.69) is 10.6 Å². The van der Waals surface area contributed by atoms with Gasteiger partial charge in [0.05, 0.1) is 5.92 Å². The van der Waals surface area contributed by atoms with Crippen LogP contribution in [0.4, 0.5) is 4.79 Å². The summed E-state index contributed by atoms with van der Waals surface area (Å²) in [7, 11) is 0. The molecule has 0 aromatic carbocycles. The van der Waals surface area contributed by atoms with Crippen molar-refractivity contribution in [2.75, 3.05) is 19.6 Å². The summed E-state index contributed by atoms with van der Waals surface area (Å²) in [6.45, 7) is 4.48. The number of nitrogens with one attached hydrogen (secondary N) is 2. The van der Waals surface area contributed by atoms with Crippen LogP contribution in [-0.4, -0.2) is 36.7 Å². The molecule has 0 fully saturated rings. The smallest absolute Gasteiger partial charge is 0.314 e. The number of nitrogens with two attached hydrogens (primary N) is 1. The van der Waals surface area contributed by atoms with Crippen molar-refractivity contribution >= 4 is 12.0 Å². The van der Waals surface area contributed by atoms with Crippen LogP contribution in [0.1, 0.15) is 13.8 Å². The van der Waals surface area contributed by atoms with Gasteiger partial charge in [-0.05, 0) is 5.92 Å². The van der Waals surface area contributed by atoms with E-state index in [-0.39, 0.29) is 18.5 Å². The minimum Gasteiger partial charge on any atom is -0.481 e. The predicted molar refractivity (Wildman–Crippen MR) is 56.4 cm³/mol. The summed E-state index contributed by atoms with van der Waals surface area (Å²) < 4.78 is 0. The van der Waals surface area contributed by atoms with Crippen molar-refractivity contribution in [3.8, 4) is 0 Å². The molecule has 0 rings (SSSR count). The quantitative estimate of drug-likeness (QED) is 0.486. The zero-order valence-corrected chi connectivity index (χ0v) is 9.12. The molecule has 0 heterocycles. The molecule has 6 nitrogen and oxygen atoms in total. The Morgan fingerprint density at radius 2 is 1.93 bits per heavy atom. The molecule has 0 aromatic rings. The normalized spacial score (nSPS) is 12.3. The van der Waals surface area contributed by atoms with Gasteiger partial charge in [0.15, 0.2) is 0 Å². The third-order valence-electron chi connectivity index (χ3n) is 2.03. The van der Waals surface area contributed by atoms with E-state index in [1.54, 1.807) is 13.8 Å². The van der Waals surface area contributed by atoms with Crippen LogP contribution in [0, 0.1) is 11.8 Å². The minimum atomic E-state index is -0.899. The lowest BCUT2D eigenvalue weighted by Crippen LogP contribution is -2.42. The zero-order valence-electron chi connectivity index (χ0n) is 9.12. The number of carboxylic acids is 1. The van der Waals surface area contributed by atoms with Crippen LogP contribution in [0.15, 0.2) is 0 Å². The summed E-state index contributed by atoms with van der Waals surface area (Å²) in [5.74, 6) is -1.48. The molecule has 0 bridgehead atoms.